The molecule has 126 valence electrons. The summed E-state index contributed by atoms with van der Waals surface area (Å²) in [5.74, 6) is 2.33. The van der Waals surface area contributed by atoms with Crippen molar-refractivity contribution in [1.29, 1.82) is 0 Å². The number of rotatable bonds is 6. The third-order valence-electron chi connectivity index (χ3n) is 3.96. The summed E-state index contributed by atoms with van der Waals surface area (Å²) in [5, 5.41) is -0.0117. The molecule has 24 heavy (non-hydrogen) atoms. The Morgan fingerprint density at radius 3 is 2.62 bits per heavy atom. The second-order valence-electron chi connectivity index (χ2n) is 5.50. The highest BCUT2D eigenvalue weighted by molar-refractivity contribution is 8.00. The van der Waals surface area contributed by atoms with Crippen molar-refractivity contribution in [2.24, 2.45) is 0 Å². The molecule has 5 heteroatoms. The number of carbonyl (C=O) groups excluding carboxylic acids is 1. The van der Waals surface area contributed by atoms with Crippen molar-refractivity contribution in [2.75, 3.05) is 19.5 Å². The highest BCUT2D eigenvalue weighted by Crippen LogP contribution is 2.43. The van der Waals surface area contributed by atoms with Gasteiger partial charge in [-0.05, 0) is 30.7 Å². The second kappa shape index (κ2) is 7.62. The van der Waals surface area contributed by atoms with Crippen molar-refractivity contribution in [3.05, 3.63) is 59.7 Å². The van der Waals surface area contributed by atoms with E-state index in [-0.39, 0.29) is 11.3 Å². The summed E-state index contributed by atoms with van der Waals surface area (Å²) in [5.41, 5.74) is 2.15. The molecule has 1 atom stereocenters. The highest BCUT2D eigenvalue weighted by Gasteiger charge is 2.34. The number of hydrogen-bond acceptors (Lipinski definition) is 4. The molecular formula is C19H21NO3S. The first-order valence-electron chi connectivity index (χ1n) is 7.98. The van der Waals surface area contributed by atoms with Crippen molar-refractivity contribution >= 4 is 17.7 Å². The minimum atomic E-state index is -0.0117. The van der Waals surface area contributed by atoms with E-state index in [4.69, 9.17) is 9.47 Å². The highest BCUT2D eigenvalue weighted by atomic mass is 32.2. The monoisotopic (exact) mass is 343 g/mol. The van der Waals surface area contributed by atoms with Gasteiger partial charge in [0.2, 0.25) is 5.91 Å². The lowest BCUT2D eigenvalue weighted by molar-refractivity contribution is -0.128. The summed E-state index contributed by atoms with van der Waals surface area (Å²) < 4.78 is 10.9. The van der Waals surface area contributed by atoms with Gasteiger partial charge in [0, 0.05) is 12.1 Å². The van der Waals surface area contributed by atoms with E-state index in [9.17, 15) is 4.79 Å². The molecule has 1 unspecified atom stereocenters. The molecule has 2 aromatic carbocycles. The lowest BCUT2D eigenvalue weighted by Crippen LogP contribution is -2.27. The average Bonchev–Trinajstić information content (AvgIpc) is 2.97. The minimum absolute atomic E-state index is 0.0117. The van der Waals surface area contributed by atoms with Gasteiger partial charge in [0.15, 0.2) is 0 Å². The first-order valence-corrected chi connectivity index (χ1v) is 9.03. The molecule has 0 radical (unpaired) electrons. The van der Waals surface area contributed by atoms with E-state index in [1.807, 2.05) is 60.4 Å². The van der Waals surface area contributed by atoms with Crippen LogP contribution >= 0.6 is 11.8 Å². The molecule has 4 nitrogen and oxygen atoms in total. The number of benzene rings is 2. The van der Waals surface area contributed by atoms with Crippen molar-refractivity contribution in [1.82, 2.24) is 4.90 Å². The number of ether oxygens (including phenoxy) is 2. The number of amides is 1. The van der Waals surface area contributed by atoms with Crippen LogP contribution in [0.2, 0.25) is 0 Å². The Balaban J connectivity index is 1.84. The number of methoxy groups -OCH3 is 1. The molecule has 1 saturated heterocycles. The number of carbonyl (C=O) groups is 1. The maximum absolute atomic E-state index is 12.4. The molecule has 0 saturated carbocycles. The summed E-state index contributed by atoms with van der Waals surface area (Å²) in [6.07, 6.45) is 0. The Morgan fingerprint density at radius 1 is 1.17 bits per heavy atom. The van der Waals surface area contributed by atoms with Crippen LogP contribution in [0.15, 0.2) is 48.5 Å². The predicted octanol–water partition coefficient (Wildman–Crippen LogP) is 3.87. The van der Waals surface area contributed by atoms with Gasteiger partial charge in [0.1, 0.15) is 16.9 Å². The number of para-hydroxylation sites is 1. The van der Waals surface area contributed by atoms with E-state index < -0.39 is 0 Å². The van der Waals surface area contributed by atoms with E-state index in [2.05, 4.69) is 0 Å². The van der Waals surface area contributed by atoms with E-state index in [1.54, 1.807) is 18.9 Å². The zero-order chi connectivity index (χ0) is 16.9. The summed E-state index contributed by atoms with van der Waals surface area (Å²) in [6, 6.07) is 15.8. The summed E-state index contributed by atoms with van der Waals surface area (Å²) in [7, 11) is 1.65. The molecule has 0 aliphatic carbocycles. The normalized spacial score (nSPS) is 17.2. The standard InChI is InChI=1S/C19H21NO3S/c1-3-23-17-7-5-4-6-16(17)19-20(18(21)13-24-19)12-14-8-10-15(22-2)11-9-14/h4-11,19H,3,12-13H2,1-2H3. The van der Waals surface area contributed by atoms with Gasteiger partial charge in [-0.1, -0.05) is 30.3 Å². The maximum atomic E-state index is 12.4. The topological polar surface area (TPSA) is 38.8 Å². The number of thioether (sulfide) groups is 1. The smallest absolute Gasteiger partial charge is 0.234 e. The van der Waals surface area contributed by atoms with E-state index >= 15 is 0 Å². The molecule has 0 aromatic heterocycles. The molecule has 3 rings (SSSR count). The molecule has 2 aromatic rings. The molecule has 0 bridgehead atoms. The Labute approximate surface area is 146 Å². The maximum Gasteiger partial charge on any atom is 0.234 e. The van der Waals surface area contributed by atoms with Crippen LogP contribution in [0, 0.1) is 0 Å². The lowest BCUT2D eigenvalue weighted by Gasteiger charge is -2.26. The van der Waals surface area contributed by atoms with E-state index in [1.165, 1.54) is 0 Å². The van der Waals surface area contributed by atoms with Gasteiger partial charge in [-0.15, -0.1) is 11.8 Å². The molecule has 1 amide bonds. The van der Waals surface area contributed by atoms with Crippen molar-refractivity contribution in [3.63, 3.8) is 0 Å². The molecular weight excluding hydrogens is 322 g/mol. The Morgan fingerprint density at radius 2 is 1.92 bits per heavy atom. The summed E-state index contributed by atoms with van der Waals surface area (Å²) >= 11 is 1.65. The molecule has 1 heterocycles. The van der Waals surface area contributed by atoms with Crippen molar-refractivity contribution in [2.45, 2.75) is 18.8 Å². The van der Waals surface area contributed by atoms with Crippen molar-refractivity contribution < 1.29 is 14.3 Å². The minimum Gasteiger partial charge on any atom is -0.497 e. The fourth-order valence-corrected chi connectivity index (χ4v) is 3.99. The fourth-order valence-electron chi connectivity index (χ4n) is 2.78. The van der Waals surface area contributed by atoms with Gasteiger partial charge in [-0.3, -0.25) is 4.79 Å². The Hall–Kier alpha value is -2.14. The van der Waals surface area contributed by atoms with Crippen molar-refractivity contribution in [3.8, 4) is 11.5 Å². The van der Waals surface area contributed by atoms with Crippen LogP contribution < -0.4 is 9.47 Å². The quantitative estimate of drug-likeness (QED) is 0.798. The number of nitrogens with zero attached hydrogens (tertiary/aromatic N) is 1. The molecule has 1 fully saturated rings. The van der Waals surface area contributed by atoms with Crippen LogP contribution in [0.3, 0.4) is 0 Å². The first-order chi connectivity index (χ1) is 11.7. The van der Waals surface area contributed by atoms with Gasteiger partial charge in [0.25, 0.3) is 0 Å². The summed E-state index contributed by atoms with van der Waals surface area (Å²) in [6.45, 7) is 3.17. The molecule has 1 aliphatic heterocycles. The first kappa shape index (κ1) is 16.7. The van der Waals surface area contributed by atoms with Gasteiger partial charge < -0.3 is 14.4 Å². The zero-order valence-electron chi connectivity index (χ0n) is 13.9. The van der Waals surface area contributed by atoms with Gasteiger partial charge in [-0.2, -0.15) is 0 Å². The van der Waals surface area contributed by atoms with Crippen LogP contribution in [-0.2, 0) is 11.3 Å². The van der Waals surface area contributed by atoms with Crippen LogP contribution in [0.25, 0.3) is 0 Å². The predicted molar refractivity (Wildman–Crippen MR) is 96.4 cm³/mol. The van der Waals surface area contributed by atoms with Gasteiger partial charge in [-0.25, -0.2) is 0 Å². The Kier molecular flexibility index (Phi) is 5.30. The van der Waals surface area contributed by atoms with E-state index in [0.717, 1.165) is 22.6 Å². The SMILES string of the molecule is CCOc1ccccc1C1SCC(=O)N1Cc1ccc(OC)cc1. The van der Waals surface area contributed by atoms with Gasteiger partial charge >= 0.3 is 0 Å². The fraction of sp³-hybridized carbons (Fsp3) is 0.316. The molecule has 1 aliphatic rings. The molecule has 0 spiro atoms. The zero-order valence-corrected chi connectivity index (χ0v) is 14.7. The van der Waals surface area contributed by atoms with Crippen LogP contribution in [0.1, 0.15) is 23.4 Å². The Bertz CT molecular complexity index is 702. The number of hydrogen-bond donors (Lipinski definition) is 0. The van der Waals surface area contributed by atoms with Crippen LogP contribution in [0.4, 0.5) is 0 Å². The average molecular weight is 343 g/mol. The molecule has 0 N–H and O–H groups in total. The second-order valence-corrected chi connectivity index (χ2v) is 6.57. The van der Waals surface area contributed by atoms with Gasteiger partial charge in [0.05, 0.1) is 19.5 Å². The lowest BCUT2D eigenvalue weighted by atomic mass is 10.1. The third kappa shape index (κ3) is 3.51. The largest absolute Gasteiger partial charge is 0.497 e. The van der Waals surface area contributed by atoms with Crippen LogP contribution in [-0.4, -0.2) is 30.3 Å². The third-order valence-corrected chi connectivity index (χ3v) is 5.20. The summed E-state index contributed by atoms with van der Waals surface area (Å²) in [4.78, 5) is 14.3. The van der Waals surface area contributed by atoms with Crippen LogP contribution in [0.5, 0.6) is 11.5 Å². The van der Waals surface area contributed by atoms with E-state index in [0.29, 0.717) is 18.9 Å².